The lowest BCUT2D eigenvalue weighted by molar-refractivity contribution is 0.0746. The molecule has 0 radical (unpaired) electrons. The Morgan fingerprint density at radius 1 is 1.04 bits per heavy atom. The minimum absolute atomic E-state index is 0.0430. The highest BCUT2D eigenvalue weighted by Gasteiger charge is 2.24. The van der Waals surface area contributed by atoms with Gasteiger partial charge in [-0.3, -0.25) is 9.78 Å². The molecule has 0 atom stereocenters. The van der Waals surface area contributed by atoms with Gasteiger partial charge in [-0.1, -0.05) is 0 Å². The normalized spacial score (nSPS) is 15.1. The molecule has 1 fully saturated rings. The van der Waals surface area contributed by atoms with Crippen molar-refractivity contribution in [1.82, 2.24) is 29.8 Å². The highest BCUT2D eigenvalue weighted by atomic mass is 16.2. The molecule has 0 bridgehead atoms. The van der Waals surface area contributed by atoms with Gasteiger partial charge in [0.25, 0.3) is 5.91 Å². The Bertz CT molecular complexity index is 824. The number of nitrogens with zero attached hydrogens (tertiary/aromatic N) is 6. The zero-order chi connectivity index (χ0) is 15.6. The van der Waals surface area contributed by atoms with Crippen LogP contribution in [0.3, 0.4) is 0 Å². The van der Waals surface area contributed by atoms with Crippen molar-refractivity contribution >= 4 is 22.9 Å². The molecule has 8 nitrogen and oxygen atoms in total. The predicted octanol–water partition coefficient (Wildman–Crippen LogP) is 0.710. The van der Waals surface area contributed by atoms with E-state index >= 15 is 0 Å². The van der Waals surface area contributed by atoms with Gasteiger partial charge in [-0.2, -0.15) is 0 Å². The zero-order valence-corrected chi connectivity index (χ0v) is 12.4. The van der Waals surface area contributed by atoms with Gasteiger partial charge in [0.1, 0.15) is 11.8 Å². The number of aromatic nitrogens is 5. The number of aromatic amines is 1. The molecular formula is C15H15N7O. The Morgan fingerprint density at radius 3 is 2.61 bits per heavy atom. The number of carbonyl (C=O) groups excluding carboxylic acids is 1. The smallest absolute Gasteiger partial charge is 0.254 e. The van der Waals surface area contributed by atoms with Crippen molar-refractivity contribution < 1.29 is 4.79 Å². The first kappa shape index (κ1) is 13.6. The van der Waals surface area contributed by atoms with Crippen molar-refractivity contribution in [2.75, 3.05) is 31.1 Å². The molecule has 1 saturated heterocycles. The molecule has 4 rings (SSSR count). The SMILES string of the molecule is O=C(c1ccncc1)N1CCN(c2ncnc3nc[nH]c23)CC1. The maximum Gasteiger partial charge on any atom is 0.254 e. The number of fused-ring (bicyclic) bond motifs is 1. The van der Waals surface area contributed by atoms with E-state index in [1.165, 1.54) is 6.33 Å². The lowest BCUT2D eigenvalue weighted by Crippen LogP contribution is -2.49. The van der Waals surface area contributed by atoms with Crippen LogP contribution in [0.25, 0.3) is 11.2 Å². The van der Waals surface area contributed by atoms with Crippen LogP contribution in [-0.4, -0.2) is 61.9 Å². The van der Waals surface area contributed by atoms with Crippen LogP contribution in [0.4, 0.5) is 5.82 Å². The average Bonchev–Trinajstić information content (AvgIpc) is 3.11. The Labute approximate surface area is 132 Å². The third-order valence-electron chi connectivity index (χ3n) is 4.00. The molecule has 1 N–H and O–H groups in total. The van der Waals surface area contributed by atoms with Crippen molar-refractivity contribution in [3.8, 4) is 0 Å². The fourth-order valence-corrected chi connectivity index (χ4v) is 2.79. The number of imidazole rings is 1. The Kier molecular flexibility index (Phi) is 3.34. The number of piperazine rings is 1. The van der Waals surface area contributed by atoms with E-state index in [1.54, 1.807) is 30.9 Å². The zero-order valence-electron chi connectivity index (χ0n) is 12.4. The van der Waals surface area contributed by atoms with Gasteiger partial charge in [-0.15, -0.1) is 0 Å². The van der Waals surface area contributed by atoms with E-state index in [0.717, 1.165) is 24.4 Å². The predicted molar refractivity (Wildman–Crippen MR) is 84.0 cm³/mol. The first-order valence-corrected chi connectivity index (χ1v) is 7.41. The van der Waals surface area contributed by atoms with Crippen molar-refractivity contribution in [3.05, 3.63) is 42.7 Å². The molecule has 3 aromatic heterocycles. The Morgan fingerprint density at radius 2 is 1.83 bits per heavy atom. The Hall–Kier alpha value is -3.03. The van der Waals surface area contributed by atoms with Crippen LogP contribution >= 0.6 is 0 Å². The van der Waals surface area contributed by atoms with Gasteiger partial charge in [0.15, 0.2) is 11.5 Å². The molecule has 0 spiro atoms. The van der Waals surface area contributed by atoms with E-state index in [9.17, 15) is 4.79 Å². The molecule has 23 heavy (non-hydrogen) atoms. The maximum absolute atomic E-state index is 12.5. The van der Waals surface area contributed by atoms with E-state index in [-0.39, 0.29) is 5.91 Å². The van der Waals surface area contributed by atoms with Gasteiger partial charge in [0.2, 0.25) is 0 Å². The molecule has 0 aliphatic carbocycles. The Balaban J connectivity index is 1.49. The van der Waals surface area contributed by atoms with E-state index in [4.69, 9.17) is 0 Å². The third kappa shape index (κ3) is 2.48. The largest absolute Gasteiger partial charge is 0.351 e. The number of rotatable bonds is 2. The van der Waals surface area contributed by atoms with Crippen molar-refractivity contribution in [1.29, 1.82) is 0 Å². The summed E-state index contributed by atoms with van der Waals surface area (Å²) in [4.78, 5) is 36.1. The van der Waals surface area contributed by atoms with E-state index in [1.807, 2.05) is 4.90 Å². The second-order valence-electron chi connectivity index (χ2n) is 5.31. The van der Waals surface area contributed by atoms with Crippen LogP contribution in [0.5, 0.6) is 0 Å². The molecule has 0 unspecified atom stereocenters. The number of anilines is 1. The highest BCUT2D eigenvalue weighted by Crippen LogP contribution is 2.21. The maximum atomic E-state index is 12.5. The highest BCUT2D eigenvalue weighted by molar-refractivity contribution is 5.94. The standard InChI is InChI=1S/C15H15N7O/c23-15(11-1-3-16-4-2-11)22-7-5-21(6-8-22)14-12-13(18-9-17-12)19-10-20-14/h1-4,9-10H,5-8H2,(H,17,18,19,20). The van der Waals surface area contributed by atoms with E-state index in [2.05, 4.69) is 29.8 Å². The number of hydrogen-bond donors (Lipinski definition) is 1. The van der Waals surface area contributed by atoms with E-state index < -0.39 is 0 Å². The summed E-state index contributed by atoms with van der Waals surface area (Å²) in [5, 5.41) is 0. The summed E-state index contributed by atoms with van der Waals surface area (Å²) < 4.78 is 0. The molecule has 1 aliphatic heterocycles. The van der Waals surface area contributed by atoms with Gasteiger partial charge in [0, 0.05) is 44.1 Å². The number of pyridine rings is 1. The summed E-state index contributed by atoms with van der Waals surface area (Å²) in [6.45, 7) is 2.76. The lowest BCUT2D eigenvalue weighted by Gasteiger charge is -2.35. The van der Waals surface area contributed by atoms with Crippen LogP contribution in [0.1, 0.15) is 10.4 Å². The fraction of sp³-hybridized carbons (Fsp3) is 0.267. The van der Waals surface area contributed by atoms with Crippen LogP contribution in [0.15, 0.2) is 37.2 Å². The molecule has 116 valence electrons. The van der Waals surface area contributed by atoms with Crippen molar-refractivity contribution in [2.45, 2.75) is 0 Å². The van der Waals surface area contributed by atoms with Gasteiger partial charge >= 0.3 is 0 Å². The first-order valence-electron chi connectivity index (χ1n) is 7.41. The van der Waals surface area contributed by atoms with Crippen molar-refractivity contribution in [2.24, 2.45) is 0 Å². The van der Waals surface area contributed by atoms with Gasteiger partial charge < -0.3 is 14.8 Å². The number of amides is 1. The van der Waals surface area contributed by atoms with E-state index in [0.29, 0.717) is 24.3 Å². The third-order valence-corrected chi connectivity index (χ3v) is 4.00. The lowest BCUT2D eigenvalue weighted by atomic mass is 10.2. The second kappa shape index (κ2) is 5.64. The molecule has 0 aromatic carbocycles. The van der Waals surface area contributed by atoms with Crippen LogP contribution in [0, 0.1) is 0 Å². The van der Waals surface area contributed by atoms with Gasteiger partial charge in [-0.25, -0.2) is 15.0 Å². The van der Waals surface area contributed by atoms with Crippen LogP contribution in [0.2, 0.25) is 0 Å². The minimum Gasteiger partial charge on any atom is -0.351 e. The summed E-state index contributed by atoms with van der Waals surface area (Å²) in [5.41, 5.74) is 2.16. The number of H-pyrrole nitrogens is 1. The van der Waals surface area contributed by atoms with Gasteiger partial charge in [-0.05, 0) is 12.1 Å². The molecule has 8 heteroatoms. The average molecular weight is 309 g/mol. The molecule has 0 saturated carbocycles. The molecule has 1 aliphatic rings. The number of carbonyl (C=O) groups is 1. The first-order chi connectivity index (χ1) is 11.3. The molecule has 3 aromatic rings. The van der Waals surface area contributed by atoms with Crippen LogP contribution < -0.4 is 4.90 Å². The molecular weight excluding hydrogens is 294 g/mol. The number of nitrogens with one attached hydrogen (secondary N) is 1. The fourth-order valence-electron chi connectivity index (χ4n) is 2.79. The summed E-state index contributed by atoms with van der Waals surface area (Å²) >= 11 is 0. The summed E-state index contributed by atoms with van der Waals surface area (Å²) in [5.74, 6) is 0.880. The quantitative estimate of drug-likeness (QED) is 0.750. The summed E-state index contributed by atoms with van der Waals surface area (Å²) in [6.07, 6.45) is 6.41. The monoisotopic (exact) mass is 309 g/mol. The summed E-state index contributed by atoms with van der Waals surface area (Å²) in [7, 11) is 0. The van der Waals surface area contributed by atoms with Crippen LogP contribution in [-0.2, 0) is 0 Å². The molecule has 4 heterocycles. The summed E-state index contributed by atoms with van der Waals surface area (Å²) in [6, 6.07) is 3.49. The van der Waals surface area contributed by atoms with Gasteiger partial charge in [0.05, 0.1) is 6.33 Å². The second-order valence-corrected chi connectivity index (χ2v) is 5.31. The van der Waals surface area contributed by atoms with Crippen molar-refractivity contribution in [3.63, 3.8) is 0 Å². The topological polar surface area (TPSA) is 90.9 Å². The number of hydrogen-bond acceptors (Lipinski definition) is 6. The molecule has 1 amide bonds. The minimum atomic E-state index is 0.0430.